The summed E-state index contributed by atoms with van der Waals surface area (Å²) in [5.41, 5.74) is 2.53. The van der Waals surface area contributed by atoms with Crippen molar-refractivity contribution < 1.29 is 23.9 Å². The third-order valence-electron chi connectivity index (χ3n) is 5.76. The number of carbonyl (C=O) groups excluding carboxylic acids is 3. The van der Waals surface area contributed by atoms with Gasteiger partial charge in [0.15, 0.2) is 0 Å². The van der Waals surface area contributed by atoms with Crippen LogP contribution in [-0.4, -0.2) is 49.6 Å². The van der Waals surface area contributed by atoms with Crippen molar-refractivity contribution in [1.29, 1.82) is 0 Å². The maximum absolute atomic E-state index is 13.0. The van der Waals surface area contributed by atoms with Gasteiger partial charge < -0.3 is 24.7 Å². The van der Waals surface area contributed by atoms with Crippen LogP contribution in [0.25, 0.3) is 10.9 Å². The minimum atomic E-state index is -0.854. The zero-order valence-electron chi connectivity index (χ0n) is 18.0. The maximum Gasteiger partial charge on any atom is 0.328 e. The second-order valence-electron chi connectivity index (χ2n) is 7.75. The molecule has 0 bridgehead atoms. The van der Waals surface area contributed by atoms with Gasteiger partial charge in [0, 0.05) is 48.2 Å². The van der Waals surface area contributed by atoms with E-state index in [0.29, 0.717) is 11.4 Å². The number of methoxy groups -OCH3 is 2. The van der Waals surface area contributed by atoms with Crippen molar-refractivity contribution in [2.24, 2.45) is 5.92 Å². The first-order valence-corrected chi connectivity index (χ1v) is 10.4. The zero-order valence-corrected chi connectivity index (χ0v) is 18.0. The molecule has 0 radical (unpaired) electrons. The molecule has 2 atom stereocenters. The number of ether oxygens (including phenoxy) is 2. The summed E-state index contributed by atoms with van der Waals surface area (Å²) in [4.78, 5) is 42.7. The van der Waals surface area contributed by atoms with E-state index in [1.807, 2.05) is 30.5 Å². The lowest BCUT2D eigenvalue weighted by molar-refractivity contribution is -0.145. The number of para-hydroxylation sites is 1. The number of amides is 2. The third-order valence-corrected chi connectivity index (χ3v) is 5.76. The number of nitrogens with zero attached hydrogens (tertiary/aromatic N) is 1. The lowest BCUT2D eigenvalue weighted by Gasteiger charge is -2.20. The third kappa shape index (κ3) is 4.30. The molecular weight excluding hydrogens is 410 g/mol. The number of H-pyrrole nitrogens is 1. The van der Waals surface area contributed by atoms with E-state index >= 15 is 0 Å². The van der Waals surface area contributed by atoms with E-state index in [0.717, 1.165) is 16.5 Å². The number of hydrogen-bond acceptors (Lipinski definition) is 5. The molecule has 1 saturated heterocycles. The van der Waals surface area contributed by atoms with Crippen LogP contribution in [0.5, 0.6) is 5.75 Å². The fraction of sp³-hybridized carbons (Fsp3) is 0.292. The number of rotatable bonds is 7. The number of anilines is 1. The molecule has 3 aromatic rings. The second kappa shape index (κ2) is 9.13. The number of hydrogen-bond donors (Lipinski definition) is 2. The van der Waals surface area contributed by atoms with E-state index in [1.165, 1.54) is 7.11 Å². The maximum atomic E-state index is 13.0. The average Bonchev–Trinajstić information content (AvgIpc) is 3.41. The van der Waals surface area contributed by atoms with Gasteiger partial charge in [0.1, 0.15) is 11.8 Å². The summed E-state index contributed by atoms with van der Waals surface area (Å²) in [5, 5.41) is 3.78. The van der Waals surface area contributed by atoms with Crippen LogP contribution < -0.4 is 15.0 Å². The summed E-state index contributed by atoms with van der Waals surface area (Å²) in [6.45, 7) is 0.235. The molecule has 2 amide bonds. The molecule has 2 N–H and O–H groups in total. The lowest BCUT2D eigenvalue weighted by atomic mass is 10.0. The van der Waals surface area contributed by atoms with Crippen molar-refractivity contribution in [2.45, 2.75) is 18.9 Å². The molecule has 0 aliphatic carbocycles. The molecule has 4 rings (SSSR count). The summed E-state index contributed by atoms with van der Waals surface area (Å²) in [6, 6.07) is 14.0. The minimum Gasteiger partial charge on any atom is -0.497 e. The van der Waals surface area contributed by atoms with Crippen LogP contribution in [0.1, 0.15) is 12.0 Å². The van der Waals surface area contributed by atoms with Gasteiger partial charge in [0.25, 0.3) is 0 Å². The van der Waals surface area contributed by atoms with Crippen LogP contribution in [0, 0.1) is 5.92 Å². The summed E-state index contributed by atoms with van der Waals surface area (Å²) >= 11 is 0. The van der Waals surface area contributed by atoms with Crippen LogP contribution in [0.4, 0.5) is 5.69 Å². The number of aromatic nitrogens is 1. The Morgan fingerprint density at radius 3 is 2.78 bits per heavy atom. The predicted molar refractivity (Wildman–Crippen MR) is 119 cm³/mol. The Morgan fingerprint density at radius 1 is 1.19 bits per heavy atom. The van der Waals surface area contributed by atoms with Crippen LogP contribution in [0.3, 0.4) is 0 Å². The first kappa shape index (κ1) is 21.4. The van der Waals surface area contributed by atoms with Crippen molar-refractivity contribution in [3.8, 4) is 5.75 Å². The summed E-state index contributed by atoms with van der Waals surface area (Å²) < 4.78 is 10.1. The van der Waals surface area contributed by atoms with Gasteiger partial charge in [-0.2, -0.15) is 0 Å². The van der Waals surface area contributed by atoms with E-state index < -0.39 is 17.9 Å². The Labute approximate surface area is 185 Å². The molecule has 1 aliphatic heterocycles. The van der Waals surface area contributed by atoms with Gasteiger partial charge >= 0.3 is 5.97 Å². The summed E-state index contributed by atoms with van der Waals surface area (Å²) in [7, 11) is 2.85. The van der Waals surface area contributed by atoms with Gasteiger partial charge in [0.2, 0.25) is 11.8 Å². The van der Waals surface area contributed by atoms with Crippen molar-refractivity contribution >= 4 is 34.4 Å². The van der Waals surface area contributed by atoms with E-state index in [-0.39, 0.29) is 31.2 Å². The standard InChI is InChI=1S/C24H25N3O5/c1-31-18-7-5-6-17(12-18)27-14-16(11-22(27)28)23(29)26-21(24(30)32-2)10-15-13-25-20-9-4-3-8-19(15)20/h3-9,12-13,16,21,25H,10-11,14H2,1-2H3,(H,26,29)/t16-,21+/m1/s1. The lowest BCUT2D eigenvalue weighted by Crippen LogP contribution is -2.46. The van der Waals surface area contributed by atoms with Crippen molar-refractivity contribution in [1.82, 2.24) is 10.3 Å². The smallest absolute Gasteiger partial charge is 0.328 e. The van der Waals surface area contributed by atoms with Gasteiger partial charge in [-0.25, -0.2) is 4.79 Å². The number of nitrogens with one attached hydrogen (secondary N) is 2. The monoisotopic (exact) mass is 435 g/mol. The molecule has 8 heteroatoms. The van der Waals surface area contributed by atoms with Gasteiger partial charge in [-0.3, -0.25) is 9.59 Å². The van der Waals surface area contributed by atoms with Crippen LogP contribution in [0.15, 0.2) is 54.7 Å². The molecule has 2 heterocycles. The fourth-order valence-electron chi connectivity index (χ4n) is 4.06. The minimum absolute atomic E-state index is 0.0734. The molecule has 1 fully saturated rings. The van der Waals surface area contributed by atoms with Crippen molar-refractivity contribution in [3.63, 3.8) is 0 Å². The highest BCUT2D eigenvalue weighted by Crippen LogP contribution is 2.28. The molecule has 0 saturated carbocycles. The Balaban J connectivity index is 1.47. The molecule has 0 unspecified atom stereocenters. The number of aromatic amines is 1. The van der Waals surface area contributed by atoms with E-state index in [4.69, 9.17) is 9.47 Å². The van der Waals surface area contributed by atoms with Crippen molar-refractivity contribution in [2.75, 3.05) is 25.7 Å². The molecule has 0 spiro atoms. The average molecular weight is 435 g/mol. The summed E-state index contributed by atoms with van der Waals surface area (Å²) in [5.74, 6) is -0.960. The summed E-state index contributed by atoms with van der Waals surface area (Å²) in [6.07, 6.45) is 2.18. The topological polar surface area (TPSA) is 101 Å². The number of esters is 1. The van der Waals surface area contributed by atoms with Gasteiger partial charge in [-0.1, -0.05) is 24.3 Å². The zero-order chi connectivity index (χ0) is 22.7. The van der Waals surface area contributed by atoms with E-state index in [9.17, 15) is 14.4 Å². The van der Waals surface area contributed by atoms with Gasteiger partial charge in [-0.05, 0) is 23.8 Å². The first-order valence-electron chi connectivity index (χ1n) is 10.4. The fourth-order valence-corrected chi connectivity index (χ4v) is 4.06. The van der Waals surface area contributed by atoms with Crippen LogP contribution in [0.2, 0.25) is 0 Å². The number of carbonyl (C=O) groups is 3. The molecule has 2 aromatic carbocycles. The molecule has 166 valence electrons. The molecule has 32 heavy (non-hydrogen) atoms. The highest BCUT2D eigenvalue weighted by Gasteiger charge is 2.37. The van der Waals surface area contributed by atoms with Crippen LogP contribution in [-0.2, 0) is 25.5 Å². The Kier molecular flexibility index (Phi) is 6.11. The highest BCUT2D eigenvalue weighted by molar-refractivity contribution is 6.01. The molecule has 1 aromatic heterocycles. The normalized spacial score (nSPS) is 16.8. The van der Waals surface area contributed by atoms with E-state index in [1.54, 1.807) is 36.3 Å². The van der Waals surface area contributed by atoms with Crippen LogP contribution >= 0.6 is 0 Å². The Morgan fingerprint density at radius 2 is 2.00 bits per heavy atom. The van der Waals surface area contributed by atoms with E-state index in [2.05, 4.69) is 10.3 Å². The van der Waals surface area contributed by atoms with Gasteiger partial charge in [0.05, 0.1) is 20.1 Å². The quantitative estimate of drug-likeness (QED) is 0.555. The molecule has 8 nitrogen and oxygen atoms in total. The molecule has 1 aliphatic rings. The molecular formula is C24H25N3O5. The Bertz CT molecular complexity index is 1160. The Hall–Kier alpha value is -3.81. The largest absolute Gasteiger partial charge is 0.497 e. The van der Waals surface area contributed by atoms with Crippen molar-refractivity contribution in [3.05, 3.63) is 60.3 Å². The number of benzene rings is 2. The second-order valence-corrected chi connectivity index (χ2v) is 7.75. The SMILES string of the molecule is COC(=O)[C@H](Cc1c[nH]c2ccccc12)NC(=O)[C@@H]1CC(=O)N(c2cccc(OC)c2)C1. The predicted octanol–water partition coefficient (Wildman–Crippen LogP) is 2.43. The number of fused-ring (bicyclic) bond motifs is 1. The van der Waals surface area contributed by atoms with Gasteiger partial charge in [-0.15, -0.1) is 0 Å². The highest BCUT2D eigenvalue weighted by atomic mass is 16.5. The first-order chi connectivity index (χ1) is 15.5.